The molecule has 3 atom stereocenters. The first kappa shape index (κ1) is 24.1. The Balaban J connectivity index is 1.03. The van der Waals surface area contributed by atoms with E-state index in [2.05, 4.69) is 5.32 Å². The highest BCUT2D eigenvalue weighted by atomic mass is 16.6. The average Bonchev–Trinajstić information content (AvgIpc) is 2.87. The van der Waals surface area contributed by atoms with E-state index in [9.17, 15) is 15.0 Å². The molecule has 8 fully saturated rings. The Labute approximate surface area is 231 Å². The van der Waals surface area contributed by atoms with Gasteiger partial charge in [0.2, 0.25) is 0 Å². The predicted octanol–water partition coefficient (Wildman–Crippen LogP) is 7.28. The second kappa shape index (κ2) is 8.65. The average molecular weight is 528 g/mol. The number of phenolic OH excluding ortho intramolecular Hbond substituents is 2. The zero-order valence-corrected chi connectivity index (χ0v) is 22.8. The van der Waals surface area contributed by atoms with E-state index < -0.39 is 0 Å². The van der Waals surface area contributed by atoms with Gasteiger partial charge in [-0.05, 0) is 154 Å². The van der Waals surface area contributed by atoms with Crippen LogP contribution in [0.4, 0.5) is 5.69 Å². The third kappa shape index (κ3) is 3.97. The molecule has 5 nitrogen and oxygen atoms in total. The minimum absolute atomic E-state index is 0.124. The molecule has 2 aromatic carbocycles. The SMILES string of the molecule is O=C(OC12CC3CC(CC(C3)C1C13CC4CC(CC(C4)C1)C3)C2)c1ccc(NCc2cc(O)ccc2O)cc1. The molecule has 0 aromatic heterocycles. The third-order valence-electron chi connectivity index (χ3n) is 12.0. The van der Waals surface area contributed by atoms with Gasteiger partial charge in [-0.15, -0.1) is 0 Å². The number of anilines is 1. The van der Waals surface area contributed by atoms with Gasteiger partial charge in [-0.1, -0.05) is 0 Å². The van der Waals surface area contributed by atoms with Crippen LogP contribution >= 0.6 is 0 Å². The summed E-state index contributed by atoms with van der Waals surface area (Å²) in [7, 11) is 0. The standard InChI is InChI=1S/C34H41NO4/c36-29-5-6-30(37)27(13-29)19-35-28-3-1-25(2-4-28)32(38)39-34-17-23-10-24(18-34)12-26(11-23)31(34)33-14-20-7-21(15-33)9-22(8-20)16-33/h1-6,13,20-24,26,31,35-37H,7-12,14-19H2. The maximum absolute atomic E-state index is 13.8. The maximum Gasteiger partial charge on any atom is 0.338 e. The first-order valence-electron chi connectivity index (χ1n) is 15.4. The number of esters is 1. The number of rotatable bonds is 6. The van der Waals surface area contributed by atoms with Gasteiger partial charge in [-0.3, -0.25) is 0 Å². The van der Waals surface area contributed by atoms with Crippen molar-refractivity contribution in [3.8, 4) is 11.5 Å². The molecule has 2 aromatic rings. The van der Waals surface area contributed by atoms with Gasteiger partial charge in [0.05, 0.1) is 5.56 Å². The van der Waals surface area contributed by atoms with Gasteiger partial charge in [0, 0.05) is 23.7 Å². The Morgan fingerprint density at radius 3 is 2.00 bits per heavy atom. The summed E-state index contributed by atoms with van der Waals surface area (Å²) < 4.78 is 6.82. The summed E-state index contributed by atoms with van der Waals surface area (Å²) >= 11 is 0. The predicted molar refractivity (Wildman–Crippen MR) is 149 cm³/mol. The fraction of sp³-hybridized carbons (Fsp3) is 0.618. The number of ether oxygens (including phenoxy) is 1. The molecule has 0 heterocycles. The van der Waals surface area contributed by atoms with Crippen LogP contribution in [0.1, 0.15) is 86.6 Å². The Kier molecular flexibility index (Phi) is 5.35. The van der Waals surface area contributed by atoms with Gasteiger partial charge < -0.3 is 20.3 Å². The fourth-order valence-corrected chi connectivity index (χ4v) is 11.6. The minimum Gasteiger partial charge on any atom is -0.508 e. The highest BCUT2D eigenvalue weighted by molar-refractivity contribution is 5.90. The molecule has 39 heavy (non-hydrogen) atoms. The van der Waals surface area contributed by atoms with Crippen molar-refractivity contribution in [2.45, 2.75) is 82.8 Å². The molecule has 3 unspecified atom stereocenters. The van der Waals surface area contributed by atoms with Crippen molar-refractivity contribution in [2.24, 2.45) is 46.8 Å². The van der Waals surface area contributed by atoms with E-state index in [1.54, 1.807) is 6.07 Å². The second-order valence-corrected chi connectivity index (χ2v) is 14.6. The second-order valence-electron chi connectivity index (χ2n) is 14.6. The zero-order valence-electron chi connectivity index (χ0n) is 22.8. The quantitative estimate of drug-likeness (QED) is 0.272. The van der Waals surface area contributed by atoms with Crippen LogP contribution in [0, 0.1) is 46.8 Å². The Morgan fingerprint density at radius 2 is 1.38 bits per heavy atom. The van der Waals surface area contributed by atoms with Crippen molar-refractivity contribution in [3.05, 3.63) is 53.6 Å². The Morgan fingerprint density at radius 1 is 0.795 bits per heavy atom. The highest BCUT2D eigenvalue weighted by Crippen LogP contribution is 2.72. The number of nitrogens with one attached hydrogen (secondary N) is 1. The molecule has 0 spiro atoms. The van der Waals surface area contributed by atoms with Crippen LogP contribution < -0.4 is 5.32 Å². The number of hydrogen-bond acceptors (Lipinski definition) is 5. The lowest BCUT2D eigenvalue weighted by Gasteiger charge is -2.69. The van der Waals surface area contributed by atoms with Crippen LogP contribution in [0.3, 0.4) is 0 Å². The Bertz CT molecular complexity index is 1240. The topological polar surface area (TPSA) is 78.8 Å². The molecule has 3 N–H and O–H groups in total. The number of phenols is 2. The van der Waals surface area contributed by atoms with Crippen molar-refractivity contribution in [1.29, 1.82) is 0 Å². The molecule has 0 radical (unpaired) electrons. The van der Waals surface area contributed by atoms with Crippen molar-refractivity contribution in [1.82, 2.24) is 0 Å². The number of benzene rings is 2. The fourth-order valence-electron chi connectivity index (χ4n) is 11.6. The molecule has 8 bridgehead atoms. The number of aromatic hydroxyl groups is 2. The van der Waals surface area contributed by atoms with Gasteiger partial charge in [0.1, 0.15) is 17.1 Å². The summed E-state index contributed by atoms with van der Waals surface area (Å²) in [5.74, 6) is 5.66. The van der Waals surface area contributed by atoms with E-state index in [0.29, 0.717) is 29.0 Å². The molecule has 0 saturated heterocycles. The van der Waals surface area contributed by atoms with E-state index in [0.717, 1.165) is 54.0 Å². The molecular formula is C34H41NO4. The van der Waals surface area contributed by atoms with E-state index in [4.69, 9.17) is 4.74 Å². The molecule has 10 rings (SSSR count). The van der Waals surface area contributed by atoms with Gasteiger partial charge in [-0.2, -0.15) is 0 Å². The lowest BCUT2D eigenvalue weighted by Crippen LogP contribution is -2.66. The molecule has 8 saturated carbocycles. The summed E-state index contributed by atoms with van der Waals surface area (Å²) in [6.07, 6.45) is 14.8. The Hall–Kier alpha value is -2.69. The van der Waals surface area contributed by atoms with E-state index in [1.807, 2.05) is 24.3 Å². The smallest absolute Gasteiger partial charge is 0.338 e. The molecule has 206 valence electrons. The maximum atomic E-state index is 13.8. The van der Waals surface area contributed by atoms with Crippen LogP contribution in [0.25, 0.3) is 0 Å². The molecule has 8 aliphatic rings. The normalized spacial score (nSPS) is 41.1. The van der Waals surface area contributed by atoms with Crippen LogP contribution in [-0.2, 0) is 11.3 Å². The van der Waals surface area contributed by atoms with Crippen LogP contribution in [0.15, 0.2) is 42.5 Å². The van der Waals surface area contributed by atoms with E-state index in [-0.39, 0.29) is 23.1 Å². The monoisotopic (exact) mass is 527 g/mol. The third-order valence-corrected chi connectivity index (χ3v) is 12.0. The van der Waals surface area contributed by atoms with Crippen LogP contribution in [0.5, 0.6) is 11.5 Å². The van der Waals surface area contributed by atoms with Crippen LogP contribution in [-0.4, -0.2) is 21.8 Å². The summed E-state index contributed by atoms with van der Waals surface area (Å²) in [6, 6.07) is 12.1. The van der Waals surface area contributed by atoms with E-state index in [1.165, 1.54) is 69.9 Å². The number of carbonyl (C=O) groups is 1. The molecule has 0 aliphatic heterocycles. The van der Waals surface area contributed by atoms with Crippen molar-refractivity contribution >= 4 is 11.7 Å². The summed E-state index contributed by atoms with van der Waals surface area (Å²) in [4.78, 5) is 13.8. The van der Waals surface area contributed by atoms with E-state index >= 15 is 0 Å². The first-order chi connectivity index (χ1) is 18.9. The lowest BCUT2D eigenvalue weighted by molar-refractivity contribution is -0.239. The molecule has 5 heteroatoms. The minimum atomic E-state index is -0.263. The van der Waals surface area contributed by atoms with Crippen molar-refractivity contribution in [2.75, 3.05) is 5.32 Å². The molecular weight excluding hydrogens is 486 g/mol. The van der Waals surface area contributed by atoms with Gasteiger partial charge in [0.15, 0.2) is 0 Å². The summed E-state index contributed by atoms with van der Waals surface area (Å²) in [5.41, 5.74) is 2.26. The van der Waals surface area contributed by atoms with Gasteiger partial charge in [0.25, 0.3) is 0 Å². The highest BCUT2D eigenvalue weighted by Gasteiger charge is 2.67. The van der Waals surface area contributed by atoms with Crippen molar-refractivity contribution in [3.63, 3.8) is 0 Å². The van der Waals surface area contributed by atoms with Gasteiger partial charge >= 0.3 is 5.97 Å². The van der Waals surface area contributed by atoms with Crippen LogP contribution in [0.2, 0.25) is 0 Å². The largest absolute Gasteiger partial charge is 0.508 e. The lowest BCUT2D eigenvalue weighted by atomic mass is 9.37. The van der Waals surface area contributed by atoms with Gasteiger partial charge in [-0.25, -0.2) is 4.79 Å². The summed E-state index contributed by atoms with van der Waals surface area (Å²) in [5, 5.41) is 23.1. The van der Waals surface area contributed by atoms with Crippen molar-refractivity contribution < 1.29 is 19.7 Å². The number of carbonyl (C=O) groups excluding carboxylic acids is 1. The first-order valence-corrected chi connectivity index (χ1v) is 15.4. The summed E-state index contributed by atoms with van der Waals surface area (Å²) in [6.45, 7) is 0.379. The zero-order chi connectivity index (χ0) is 26.4. The molecule has 8 aliphatic carbocycles. The molecule has 0 amide bonds. The number of hydrogen-bond donors (Lipinski definition) is 3.